The first-order valence-corrected chi connectivity index (χ1v) is 8.34. The second-order valence-corrected chi connectivity index (χ2v) is 7.59. The molecule has 2 N–H and O–H groups in total. The van der Waals surface area contributed by atoms with Crippen LogP contribution in [0.5, 0.6) is 0 Å². The lowest BCUT2D eigenvalue weighted by molar-refractivity contribution is -0.0170. The van der Waals surface area contributed by atoms with Crippen LogP contribution < -0.4 is 5.73 Å². The molecule has 20 heavy (non-hydrogen) atoms. The first-order chi connectivity index (χ1) is 9.23. The molecule has 0 spiro atoms. The number of sulfonamides is 1. The van der Waals surface area contributed by atoms with E-state index < -0.39 is 15.8 Å². The minimum absolute atomic E-state index is 0.0302. The van der Waals surface area contributed by atoms with E-state index >= 15 is 0 Å². The summed E-state index contributed by atoms with van der Waals surface area (Å²) in [6.45, 7) is 4.16. The normalized spacial score (nSPS) is 24.8. The Morgan fingerprint density at radius 2 is 2.10 bits per heavy atom. The molecule has 2 rings (SSSR count). The predicted octanol–water partition coefficient (Wildman–Crippen LogP) is 1.97. The fourth-order valence-corrected chi connectivity index (χ4v) is 4.78. The van der Waals surface area contributed by atoms with E-state index in [0.29, 0.717) is 6.61 Å². The Labute approximate surface area is 126 Å². The van der Waals surface area contributed by atoms with E-state index in [-0.39, 0.29) is 33.7 Å². The van der Waals surface area contributed by atoms with Crippen molar-refractivity contribution >= 4 is 31.6 Å². The number of ether oxygens (including phenoxy) is 1. The second kappa shape index (κ2) is 5.59. The number of rotatable bonds is 2. The number of hydrogen-bond acceptors (Lipinski definition) is 4. The molecule has 0 bridgehead atoms. The van der Waals surface area contributed by atoms with Crippen molar-refractivity contribution in [1.82, 2.24) is 4.31 Å². The van der Waals surface area contributed by atoms with Crippen molar-refractivity contribution in [3.05, 3.63) is 22.4 Å². The zero-order chi connectivity index (χ0) is 15.1. The number of morpholine rings is 1. The third kappa shape index (κ3) is 2.83. The van der Waals surface area contributed by atoms with E-state index in [0.717, 1.165) is 12.1 Å². The molecule has 0 saturated carbocycles. The van der Waals surface area contributed by atoms with E-state index in [4.69, 9.17) is 10.5 Å². The fourth-order valence-electron chi connectivity index (χ4n) is 2.08. The molecule has 2 atom stereocenters. The van der Waals surface area contributed by atoms with Gasteiger partial charge in [-0.15, -0.1) is 0 Å². The highest BCUT2D eigenvalue weighted by atomic mass is 79.9. The predicted molar refractivity (Wildman–Crippen MR) is 77.3 cm³/mol. The largest absolute Gasteiger partial charge is 0.396 e. The molecule has 1 fully saturated rings. The summed E-state index contributed by atoms with van der Waals surface area (Å²) in [5, 5.41) is 0. The minimum Gasteiger partial charge on any atom is -0.396 e. The molecule has 1 aromatic carbocycles. The molecular weight excluding hydrogens is 351 g/mol. The van der Waals surface area contributed by atoms with Crippen LogP contribution in [0, 0.1) is 5.82 Å². The zero-order valence-corrected chi connectivity index (χ0v) is 13.5. The van der Waals surface area contributed by atoms with Gasteiger partial charge >= 0.3 is 0 Å². The average molecular weight is 367 g/mol. The summed E-state index contributed by atoms with van der Waals surface area (Å²) in [7, 11) is -3.75. The van der Waals surface area contributed by atoms with Crippen molar-refractivity contribution in [2.75, 3.05) is 18.9 Å². The van der Waals surface area contributed by atoms with Gasteiger partial charge in [-0.25, -0.2) is 12.8 Å². The molecule has 8 heteroatoms. The van der Waals surface area contributed by atoms with E-state index in [1.165, 1.54) is 4.31 Å². The third-order valence-electron chi connectivity index (χ3n) is 3.19. The van der Waals surface area contributed by atoms with E-state index in [2.05, 4.69) is 15.9 Å². The highest BCUT2D eigenvalue weighted by Gasteiger charge is 2.35. The van der Waals surface area contributed by atoms with Crippen molar-refractivity contribution in [2.45, 2.75) is 30.9 Å². The van der Waals surface area contributed by atoms with Gasteiger partial charge in [-0.05, 0) is 41.9 Å². The molecule has 1 aromatic rings. The maximum atomic E-state index is 13.3. The lowest BCUT2D eigenvalue weighted by atomic mass is 10.2. The van der Waals surface area contributed by atoms with Crippen LogP contribution in [0.4, 0.5) is 10.1 Å². The van der Waals surface area contributed by atoms with Gasteiger partial charge in [0.2, 0.25) is 10.0 Å². The van der Waals surface area contributed by atoms with Gasteiger partial charge in [0.15, 0.2) is 0 Å². The Bertz CT molecular complexity index is 623. The first kappa shape index (κ1) is 15.7. The van der Waals surface area contributed by atoms with Crippen molar-refractivity contribution < 1.29 is 17.5 Å². The van der Waals surface area contributed by atoms with Crippen LogP contribution in [0.15, 0.2) is 21.5 Å². The van der Waals surface area contributed by atoms with Crippen LogP contribution in [0.25, 0.3) is 0 Å². The van der Waals surface area contributed by atoms with Gasteiger partial charge < -0.3 is 10.5 Å². The van der Waals surface area contributed by atoms with Gasteiger partial charge in [-0.3, -0.25) is 0 Å². The number of nitrogens with zero attached hydrogens (tertiary/aromatic N) is 1. The van der Waals surface area contributed by atoms with Crippen LogP contribution >= 0.6 is 15.9 Å². The second-order valence-electron chi connectivity index (χ2n) is 4.87. The Morgan fingerprint density at radius 1 is 1.45 bits per heavy atom. The molecule has 0 aliphatic carbocycles. The van der Waals surface area contributed by atoms with Gasteiger partial charge in [0.25, 0.3) is 0 Å². The van der Waals surface area contributed by atoms with Crippen LogP contribution in [0.1, 0.15) is 13.8 Å². The standard InChI is InChI=1S/C12H16BrFN2O3S/c1-7-6-19-8(2)5-16(7)20(17,18)12-4-11(15)10(14)3-9(12)13/h3-4,7-8H,5-6,15H2,1-2H3. The summed E-state index contributed by atoms with van der Waals surface area (Å²) < 4.78 is 45.7. The Balaban J connectivity index is 2.47. The fraction of sp³-hybridized carbons (Fsp3) is 0.500. The number of nitrogens with two attached hydrogens (primary N) is 1. The summed E-state index contributed by atoms with van der Waals surface area (Å²) in [6, 6.07) is 1.92. The van der Waals surface area contributed by atoms with Gasteiger partial charge in [0.05, 0.1) is 23.3 Å². The summed E-state index contributed by atoms with van der Waals surface area (Å²) in [6.07, 6.45) is -0.183. The summed E-state index contributed by atoms with van der Waals surface area (Å²) >= 11 is 3.09. The van der Waals surface area contributed by atoms with Gasteiger partial charge in [-0.2, -0.15) is 4.31 Å². The van der Waals surface area contributed by atoms with E-state index in [9.17, 15) is 12.8 Å². The van der Waals surface area contributed by atoms with E-state index in [1.54, 1.807) is 6.92 Å². The molecule has 2 unspecified atom stereocenters. The SMILES string of the molecule is CC1CN(S(=O)(=O)c2cc(N)c(F)cc2Br)C(C)CO1. The quantitative estimate of drug-likeness (QED) is 0.812. The van der Waals surface area contributed by atoms with Gasteiger partial charge in [-0.1, -0.05) is 0 Å². The van der Waals surface area contributed by atoms with Crippen LogP contribution in [-0.2, 0) is 14.8 Å². The van der Waals surface area contributed by atoms with Crippen molar-refractivity contribution in [1.29, 1.82) is 0 Å². The molecule has 0 amide bonds. The average Bonchev–Trinajstić information content (AvgIpc) is 2.36. The molecule has 112 valence electrons. The highest BCUT2D eigenvalue weighted by Crippen LogP contribution is 2.31. The van der Waals surface area contributed by atoms with Crippen LogP contribution in [0.2, 0.25) is 0 Å². The summed E-state index contributed by atoms with van der Waals surface area (Å²) in [5.41, 5.74) is 5.28. The Hall–Kier alpha value is -0.700. The van der Waals surface area contributed by atoms with Crippen molar-refractivity contribution in [3.63, 3.8) is 0 Å². The highest BCUT2D eigenvalue weighted by molar-refractivity contribution is 9.10. The van der Waals surface area contributed by atoms with E-state index in [1.807, 2.05) is 6.92 Å². The smallest absolute Gasteiger partial charge is 0.244 e. The number of hydrogen-bond donors (Lipinski definition) is 1. The summed E-state index contributed by atoms with van der Waals surface area (Å²) in [4.78, 5) is -0.0302. The zero-order valence-electron chi connectivity index (χ0n) is 11.1. The van der Waals surface area contributed by atoms with Crippen LogP contribution in [-0.4, -0.2) is 38.0 Å². The first-order valence-electron chi connectivity index (χ1n) is 6.11. The number of anilines is 1. The maximum Gasteiger partial charge on any atom is 0.244 e. The van der Waals surface area contributed by atoms with Crippen LogP contribution in [0.3, 0.4) is 0 Å². The molecule has 1 aliphatic rings. The number of halogens is 2. The number of benzene rings is 1. The number of nitrogen functional groups attached to an aromatic ring is 1. The van der Waals surface area contributed by atoms with Crippen molar-refractivity contribution in [3.8, 4) is 0 Å². The third-order valence-corrected chi connectivity index (χ3v) is 6.13. The molecule has 0 radical (unpaired) electrons. The topological polar surface area (TPSA) is 72.6 Å². The van der Waals surface area contributed by atoms with Crippen molar-refractivity contribution in [2.24, 2.45) is 0 Å². The Kier molecular flexibility index (Phi) is 4.38. The molecule has 1 saturated heterocycles. The molecule has 1 aliphatic heterocycles. The van der Waals surface area contributed by atoms with Gasteiger partial charge in [0.1, 0.15) is 5.82 Å². The monoisotopic (exact) mass is 366 g/mol. The Morgan fingerprint density at radius 3 is 2.75 bits per heavy atom. The molecular formula is C12H16BrFN2O3S. The molecule has 5 nitrogen and oxygen atoms in total. The van der Waals surface area contributed by atoms with Gasteiger partial charge in [0, 0.05) is 17.1 Å². The molecule has 0 aromatic heterocycles. The molecule has 1 heterocycles. The lowest BCUT2D eigenvalue weighted by Crippen LogP contribution is -2.50. The summed E-state index contributed by atoms with van der Waals surface area (Å²) in [5.74, 6) is -0.654. The lowest BCUT2D eigenvalue weighted by Gasteiger charge is -2.35. The minimum atomic E-state index is -3.75. The maximum absolute atomic E-state index is 13.3.